The number of benzene rings is 1. The van der Waals surface area contributed by atoms with E-state index in [1.807, 2.05) is 0 Å². The molecular formula is C13H11FN2O4S. The summed E-state index contributed by atoms with van der Waals surface area (Å²) in [5.74, 6) is -2.31. The van der Waals surface area contributed by atoms with Crippen molar-refractivity contribution >= 4 is 28.9 Å². The second-order valence-corrected chi connectivity index (χ2v) is 4.73. The van der Waals surface area contributed by atoms with Crippen LogP contribution < -0.4 is 10.1 Å². The van der Waals surface area contributed by atoms with E-state index in [1.54, 1.807) is 6.92 Å². The van der Waals surface area contributed by atoms with Crippen LogP contribution in [0.25, 0.3) is 0 Å². The van der Waals surface area contributed by atoms with Crippen LogP contribution in [0.4, 0.5) is 10.1 Å². The number of nitrogens with one attached hydrogen (secondary N) is 1. The van der Waals surface area contributed by atoms with Crippen molar-refractivity contribution in [1.29, 1.82) is 0 Å². The number of rotatable bonds is 5. The van der Waals surface area contributed by atoms with Crippen LogP contribution in [0.1, 0.15) is 27.2 Å². The zero-order chi connectivity index (χ0) is 15.4. The van der Waals surface area contributed by atoms with Crippen LogP contribution in [0.3, 0.4) is 0 Å². The summed E-state index contributed by atoms with van der Waals surface area (Å²) in [6, 6.07) is 4.00. The average Bonchev–Trinajstić information content (AvgIpc) is 2.92. The highest BCUT2D eigenvalue weighted by Crippen LogP contribution is 2.21. The molecule has 1 heterocycles. The first-order valence-corrected chi connectivity index (χ1v) is 6.81. The molecule has 110 valence electrons. The van der Waals surface area contributed by atoms with Crippen molar-refractivity contribution in [2.45, 2.75) is 6.92 Å². The zero-order valence-electron chi connectivity index (χ0n) is 10.9. The SMILES string of the molecule is CCOc1ccc(NC(=O)c2csc(C(=O)O)n2)cc1F. The molecule has 2 aromatic rings. The third kappa shape index (κ3) is 3.54. The van der Waals surface area contributed by atoms with Crippen molar-refractivity contribution in [1.82, 2.24) is 4.98 Å². The van der Waals surface area contributed by atoms with Gasteiger partial charge in [-0.05, 0) is 19.1 Å². The Morgan fingerprint density at radius 2 is 2.24 bits per heavy atom. The van der Waals surface area contributed by atoms with Gasteiger partial charge in [0.2, 0.25) is 5.01 Å². The molecule has 0 fully saturated rings. The molecule has 6 nitrogen and oxygen atoms in total. The number of amides is 1. The molecule has 0 saturated carbocycles. The smallest absolute Gasteiger partial charge is 0.365 e. The summed E-state index contributed by atoms with van der Waals surface area (Å²) in [6.45, 7) is 2.07. The van der Waals surface area contributed by atoms with E-state index in [0.29, 0.717) is 6.61 Å². The number of ether oxygens (including phenoxy) is 1. The number of halogens is 1. The average molecular weight is 310 g/mol. The number of nitrogens with zero attached hydrogens (tertiary/aromatic N) is 1. The molecule has 1 aromatic heterocycles. The molecule has 8 heteroatoms. The van der Waals surface area contributed by atoms with Gasteiger partial charge in [-0.15, -0.1) is 11.3 Å². The van der Waals surface area contributed by atoms with E-state index in [1.165, 1.54) is 17.5 Å². The lowest BCUT2D eigenvalue weighted by Crippen LogP contribution is -2.13. The van der Waals surface area contributed by atoms with E-state index >= 15 is 0 Å². The molecule has 0 aliphatic rings. The summed E-state index contributed by atoms with van der Waals surface area (Å²) in [4.78, 5) is 26.2. The summed E-state index contributed by atoms with van der Waals surface area (Å²) in [6.07, 6.45) is 0. The molecule has 0 bridgehead atoms. The van der Waals surface area contributed by atoms with Crippen molar-refractivity contribution in [3.63, 3.8) is 0 Å². The van der Waals surface area contributed by atoms with Crippen molar-refractivity contribution < 1.29 is 23.8 Å². The molecule has 2 N–H and O–H groups in total. The number of carboxylic acid groups (broad SMARTS) is 1. The Labute approximate surface area is 123 Å². The molecule has 0 unspecified atom stereocenters. The van der Waals surface area contributed by atoms with Gasteiger partial charge >= 0.3 is 5.97 Å². The number of thiazole rings is 1. The lowest BCUT2D eigenvalue weighted by molar-refractivity contribution is 0.0696. The number of hydrogen-bond acceptors (Lipinski definition) is 5. The molecule has 0 aliphatic heterocycles. The van der Waals surface area contributed by atoms with E-state index in [-0.39, 0.29) is 22.1 Å². The van der Waals surface area contributed by atoms with Gasteiger partial charge in [-0.1, -0.05) is 0 Å². The fourth-order valence-corrected chi connectivity index (χ4v) is 2.16. The Morgan fingerprint density at radius 1 is 1.48 bits per heavy atom. The summed E-state index contributed by atoms with van der Waals surface area (Å²) < 4.78 is 18.7. The van der Waals surface area contributed by atoms with Gasteiger partial charge in [0.15, 0.2) is 11.6 Å². The molecule has 1 aromatic carbocycles. The lowest BCUT2D eigenvalue weighted by atomic mass is 10.3. The van der Waals surface area contributed by atoms with Gasteiger partial charge in [-0.25, -0.2) is 14.2 Å². The first-order chi connectivity index (χ1) is 10.0. The van der Waals surface area contributed by atoms with Crippen LogP contribution in [0.2, 0.25) is 0 Å². The minimum absolute atomic E-state index is 0.0355. The standard InChI is InChI=1S/C13H11FN2O4S/c1-2-20-10-4-3-7(5-8(10)14)15-11(17)9-6-21-12(16-9)13(18)19/h3-6H,2H2,1H3,(H,15,17)(H,18,19). The Hall–Kier alpha value is -2.48. The third-order valence-electron chi connectivity index (χ3n) is 2.41. The predicted molar refractivity (Wildman–Crippen MR) is 74.6 cm³/mol. The number of carboxylic acids is 1. The van der Waals surface area contributed by atoms with E-state index in [0.717, 1.165) is 17.4 Å². The second-order valence-electron chi connectivity index (χ2n) is 3.88. The number of anilines is 1. The fourth-order valence-electron chi connectivity index (χ4n) is 1.52. The minimum atomic E-state index is -1.20. The van der Waals surface area contributed by atoms with Crippen LogP contribution >= 0.6 is 11.3 Å². The highest BCUT2D eigenvalue weighted by Gasteiger charge is 2.15. The quantitative estimate of drug-likeness (QED) is 0.886. The first kappa shape index (κ1) is 14.9. The molecule has 0 radical (unpaired) electrons. The van der Waals surface area contributed by atoms with Gasteiger partial charge in [-0.3, -0.25) is 4.79 Å². The van der Waals surface area contributed by atoms with Crippen molar-refractivity contribution in [3.05, 3.63) is 40.1 Å². The summed E-state index contributed by atoms with van der Waals surface area (Å²) in [7, 11) is 0. The zero-order valence-corrected chi connectivity index (χ0v) is 11.7. The largest absolute Gasteiger partial charge is 0.491 e. The molecule has 0 saturated heterocycles. The normalized spacial score (nSPS) is 10.2. The molecule has 1 amide bonds. The molecular weight excluding hydrogens is 299 g/mol. The minimum Gasteiger partial charge on any atom is -0.491 e. The predicted octanol–water partition coefficient (Wildman–Crippen LogP) is 2.63. The Morgan fingerprint density at radius 3 is 2.81 bits per heavy atom. The topological polar surface area (TPSA) is 88.5 Å². The van der Waals surface area contributed by atoms with Crippen LogP contribution in [-0.2, 0) is 0 Å². The number of carbonyl (C=O) groups excluding carboxylic acids is 1. The molecule has 0 atom stereocenters. The highest BCUT2D eigenvalue weighted by molar-refractivity contribution is 7.11. The maximum absolute atomic E-state index is 13.6. The van der Waals surface area contributed by atoms with Gasteiger partial charge < -0.3 is 15.2 Å². The van der Waals surface area contributed by atoms with Gasteiger partial charge in [0.1, 0.15) is 5.69 Å². The second kappa shape index (κ2) is 6.31. The van der Waals surface area contributed by atoms with Crippen molar-refractivity contribution in [3.8, 4) is 5.75 Å². The highest BCUT2D eigenvalue weighted by atomic mass is 32.1. The van der Waals surface area contributed by atoms with Crippen LogP contribution in [-0.4, -0.2) is 28.6 Å². The monoisotopic (exact) mass is 310 g/mol. The van der Waals surface area contributed by atoms with Crippen molar-refractivity contribution in [2.24, 2.45) is 0 Å². The maximum Gasteiger partial charge on any atom is 0.365 e. The lowest BCUT2D eigenvalue weighted by Gasteiger charge is -2.07. The molecule has 0 aliphatic carbocycles. The summed E-state index contributed by atoms with van der Waals surface area (Å²) >= 11 is 0.843. The van der Waals surface area contributed by atoms with E-state index < -0.39 is 17.7 Å². The summed E-state index contributed by atoms with van der Waals surface area (Å²) in [5, 5.41) is 12.3. The van der Waals surface area contributed by atoms with E-state index in [4.69, 9.17) is 9.84 Å². The van der Waals surface area contributed by atoms with Gasteiger partial charge in [0.05, 0.1) is 6.61 Å². The molecule has 21 heavy (non-hydrogen) atoms. The van der Waals surface area contributed by atoms with Crippen LogP contribution in [0.5, 0.6) is 5.75 Å². The number of hydrogen-bond donors (Lipinski definition) is 2. The maximum atomic E-state index is 13.6. The van der Waals surface area contributed by atoms with Crippen LogP contribution in [0.15, 0.2) is 23.6 Å². The summed E-state index contributed by atoms with van der Waals surface area (Å²) in [5.41, 5.74) is 0.192. The van der Waals surface area contributed by atoms with Crippen LogP contribution in [0, 0.1) is 5.82 Å². The fraction of sp³-hybridized carbons (Fsp3) is 0.154. The Bertz CT molecular complexity index is 687. The van der Waals surface area contributed by atoms with E-state index in [9.17, 15) is 14.0 Å². The number of aromatic carboxylic acids is 1. The molecule has 2 rings (SSSR count). The molecule has 0 spiro atoms. The third-order valence-corrected chi connectivity index (χ3v) is 3.24. The van der Waals surface area contributed by atoms with Gasteiger partial charge in [0, 0.05) is 17.1 Å². The van der Waals surface area contributed by atoms with Crippen molar-refractivity contribution in [2.75, 3.05) is 11.9 Å². The number of carbonyl (C=O) groups is 2. The number of aromatic nitrogens is 1. The van der Waals surface area contributed by atoms with Gasteiger partial charge in [-0.2, -0.15) is 0 Å². The Balaban J connectivity index is 2.11. The first-order valence-electron chi connectivity index (χ1n) is 5.93. The van der Waals surface area contributed by atoms with E-state index in [2.05, 4.69) is 10.3 Å². The Kier molecular flexibility index (Phi) is 4.49. The van der Waals surface area contributed by atoms with Gasteiger partial charge in [0.25, 0.3) is 5.91 Å².